The molecule has 0 amide bonds. The van der Waals surface area contributed by atoms with Gasteiger partial charge in [0.25, 0.3) is 0 Å². The summed E-state index contributed by atoms with van der Waals surface area (Å²) >= 11 is 5.88. The van der Waals surface area contributed by atoms with Crippen LogP contribution in [0.25, 0.3) is 0 Å². The molecule has 0 bridgehead atoms. The van der Waals surface area contributed by atoms with Gasteiger partial charge in [0.15, 0.2) is 5.78 Å². The number of carbonyl (C=O) groups excluding carboxylic acids is 1. The maximum Gasteiger partial charge on any atom is 0.167 e. The van der Waals surface area contributed by atoms with Gasteiger partial charge in [0, 0.05) is 29.4 Å². The first kappa shape index (κ1) is 11.8. The summed E-state index contributed by atoms with van der Waals surface area (Å²) in [5.74, 6) is 0.0900. The van der Waals surface area contributed by atoms with E-state index in [1.807, 2.05) is 25.1 Å². The minimum atomic E-state index is 0.0900. The quantitative estimate of drug-likeness (QED) is 0.775. The second-order valence-corrected chi connectivity index (χ2v) is 4.36. The third-order valence-electron chi connectivity index (χ3n) is 2.57. The number of halogens is 1. The minimum absolute atomic E-state index is 0.0900. The molecule has 0 spiro atoms. The molecule has 0 N–H and O–H groups in total. The van der Waals surface area contributed by atoms with Crippen LogP contribution in [0, 0.1) is 6.92 Å². The molecule has 0 saturated carbocycles. The molecule has 0 radical (unpaired) electrons. The Morgan fingerprint density at radius 1 is 1.35 bits per heavy atom. The topological polar surface area (TPSA) is 30.0 Å². The first-order valence-corrected chi connectivity index (χ1v) is 5.73. The Labute approximate surface area is 105 Å². The normalized spacial score (nSPS) is 10.2. The zero-order chi connectivity index (χ0) is 12.3. The molecule has 3 heteroatoms. The summed E-state index contributed by atoms with van der Waals surface area (Å²) in [5.41, 5.74) is 2.55. The van der Waals surface area contributed by atoms with Gasteiger partial charge in [0.2, 0.25) is 0 Å². The SMILES string of the molecule is Cc1cnccc1C(=O)Cc1cccc(Cl)c1. The number of aryl methyl sites for hydroxylation is 1. The van der Waals surface area contributed by atoms with E-state index in [0.717, 1.165) is 16.7 Å². The van der Waals surface area contributed by atoms with Gasteiger partial charge in [0.05, 0.1) is 0 Å². The number of hydrogen-bond acceptors (Lipinski definition) is 2. The highest BCUT2D eigenvalue weighted by molar-refractivity contribution is 6.30. The second kappa shape index (κ2) is 5.11. The van der Waals surface area contributed by atoms with Gasteiger partial charge < -0.3 is 0 Å². The highest BCUT2D eigenvalue weighted by Crippen LogP contribution is 2.14. The minimum Gasteiger partial charge on any atom is -0.294 e. The molecule has 0 saturated heterocycles. The molecule has 0 aliphatic heterocycles. The van der Waals surface area contributed by atoms with Crippen molar-refractivity contribution in [2.75, 3.05) is 0 Å². The van der Waals surface area contributed by atoms with Crippen LogP contribution >= 0.6 is 11.6 Å². The van der Waals surface area contributed by atoms with Gasteiger partial charge in [-0.15, -0.1) is 0 Å². The van der Waals surface area contributed by atoms with Crippen molar-refractivity contribution >= 4 is 17.4 Å². The van der Waals surface area contributed by atoms with Crippen molar-refractivity contribution in [2.45, 2.75) is 13.3 Å². The van der Waals surface area contributed by atoms with Gasteiger partial charge in [-0.3, -0.25) is 9.78 Å². The van der Waals surface area contributed by atoms with Crippen LogP contribution in [0.4, 0.5) is 0 Å². The van der Waals surface area contributed by atoms with E-state index >= 15 is 0 Å². The van der Waals surface area contributed by atoms with Crippen molar-refractivity contribution in [2.24, 2.45) is 0 Å². The third-order valence-corrected chi connectivity index (χ3v) is 2.81. The van der Waals surface area contributed by atoms with Crippen molar-refractivity contribution in [1.82, 2.24) is 4.98 Å². The predicted molar refractivity (Wildman–Crippen MR) is 68.5 cm³/mol. The van der Waals surface area contributed by atoms with Crippen LogP contribution in [0.5, 0.6) is 0 Å². The Kier molecular flexibility index (Phi) is 3.55. The molecule has 1 aromatic carbocycles. The lowest BCUT2D eigenvalue weighted by atomic mass is 10.0. The van der Waals surface area contributed by atoms with E-state index in [1.165, 1.54) is 0 Å². The Morgan fingerprint density at radius 2 is 2.18 bits per heavy atom. The van der Waals surface area contributed by atoms with Gasteiger partial charge in [-0.2, -0.15) is 0 Å². The van der Waals surface area contributed by atoms with Gasteiger partial charge in [-0.05, 0) is 36.2 Å². The lowest BCUT2D eigenvalue weighted by Crippen LogP contribution is -2.05. The molecule has 0 unspecified atom stereocenters. The van der Waals surface area contributed by atoms with E-state index in [4.69, 9.17) is 11.6 Å². The molecule has 0 fully saturated rings. The molecule has 86 valence electrons. The van der Waals surface area contributed by atoms with Crippen molar-refractivity contribution in [3.63, 3.8) is 0 Å². The molecule has 17 heavy (non-hydrogen) atoms. The van der Waals surface area contributed by atoms with E-state index in [2.05, 4.69) is 4.98 Å². The monoisotopic (exact) mass is 245 g/mol. The van der Waals surface area contributed by atoms with Gasteiger partial charge in [0.1, 0.15) is 0 Å². The fraction of sp³-hybridized carbons (Fsp3) is 0.143. The lowest BCUT2D eigenvalue weighted by Gasteiger charge is -2.04. The van der Waals surface area contributed by atoms with Crippen LogP contribution in [0.1, 0.15) is 21.5 Å². The summed E-state index contributed by atoms with van der Waals surface area (Å²) in [6, 6.07) is 9.12. The van der Waals surface area contributed by atoms with Crippen molar-refractivity contribution in [1.29, 1.82) is 0 Å². The largest absolute Gasteiger partial charge is 0.294 e. The number of nitrogens with zero attached hydrogens (tertiary/aromatic N) is 1. The molecule has 1 aromatic heterocycles. The summed E-state index contributed by atoms with van der Waals surface area (Å²) < 4.78 is 0. The highest BCUT2D eigenvalue weighted by atomic mass is 35.5. The number of carbonyl (C=O) groups is 1. The van der Waals surface area contributed by atoms with E-state index in [-0.39, 0.29) is 5.78 Å². The zero-order valence-corrected chi connectivity index (χ0v) is 10.2. The zero-order valence-electron chi connectivity index (χ0n) is 9.48. The number of rotatable bonds is 3. The second-order valence-electron chi connectivity index (χ2n) is 3.92. The van der Waals surface area contributed by atoms with Crippen LogP contribution in [0.2, 0.25) is 5.02 Å². The third kappa shape index (κ3) is 2.92. The molecule has 1 heterocycles. The fourth-order valence-electron chi connectivity index (χ4n) is 1.71. The van der Waals surface area contributed by atoms with Crippen LogP contribution in [0.3, 0.4) is 0 Å². The number of ketones is 1. The first-order valence-electron chi connectivity index (χ1n) is 5.35. The van der Waals surface area contributed by atoms with E-state index in [9.17, 15) is 4.79 Å². The maximum atomic E-state index is 12.1. The summed E-state index contributed by atoms with van der Waals surface area (Å²) in [7, 11) is 0. The Bertz CT molecular complexity index is 551. The average Bonchev–Trinajstić information content (AvgIpc) is 2.29. The number of Topliss-reactive ketones (excluding diaryl/α,β-unsaturated/α-hetero) is 1. The lowest BCUT2D eigenvalue weighted by molar-refractivity contribution is 0.0992. The van der Waals surface area contributed by atoms with Crippen molar-refractivity contribution in [3.8, 4) is 0 Å². The number of benzene rings is 1. The molecule has 0 aliphatic carbocycles. The molecular weight excluding hydrogens is 234 g/mol. The van der Waals surface area contributed by atoms with E-state index in [1.54, 1.807) is 24.5 Å². The summed E-state index contributed by atoms with van der Waals surface area (Å²) in [6.45, 7) is 1.89. The standard InChI is InChI=1S/C14H12ClNO/c1-10-9-16-6-5-13(10)14(17)8-11-3-2-4-12(15)7-11/h2-7,9H,8H2,1H3. The van der Waals surface area contributed by atoms with E-state index < -0.39 is 0 Å². The smallest absolute Gasteiger partial charge is 0.167 e. The maximum absolute atomic E-state index is 12.1. The number of aromatic nitrogens is 1. The summed E-state index contributed by atoms with van der Waals surface area (Å²) in [6.07, 6.45) is 3.70. The van der Waals surface area contributed by atoms with Crippen molar-refractivity contribution in [3.05, 3.63) is 64.4 Å². The molecule has 2 rings (SSSR count). The predicted octanol–water partition coefficient (Wildman–Crippen LogP) is 3.47. The summed E-state index contributed by atoms with van der Waals surface area (Å²) in [5, 5.41) is 0.654. The van der Waals surface area contributed by atoms with Crippen LogP contribution < -0.4 is 0 Å². The van der Waals surface area contributed by atoms with Crippen LogP contribution in [-0.4, -0.2) is 10.8 Å². The fourth-order valence-corrected chi connectivity index (χ4v) is 1.93. The molecule has 0 aliphatic rings. The first-order chi connectivity index (χ1) is 8.16. The van der Waals surface area contributed by atoms with Gasteiger partial charge >= 0.3 is 0 Å². The van der Waals surface area contributed by atoms with Crippen LogP contribution in [-0.2, 0) is 6.42 Å². The van der Waals surface area contributed by atoms with Gasteiger partial charge in [-0.25, -0.2) is 0 Å². The average molecular weight is 246 g/mol. The van der Waals surface area contributed by atoms with E-state index in [0.29, 0.717) is 11.4 Å². The molecule has 2 nitrogen and oxygen atoms in total. The Balaban J connectivity index is 2.20. The highest BCUT2D eigenvalue weighted by Gasteiger charge is 2.09. The Morgan fingerprint density at radius 3 is 2.88 bits per heavy atom. The summed E-state index contributed by atoms with van der Waals surface area (Å²) in [4.78, 5) is 16.1. The molecule has 0 atom stereocenters. The van der Waals surface area contributed by atoms with Gasteiger partial charge in [-0.1, -0.05) is 23.7 Å². The van der Waals surface area contributed by atoms with Crippen LogP contribution in [0.15, 0.2) is 42.7 Å². The molecule has 2 aromatic rings. The Hall–Kier alpha value is -1.67. The van der Waals surface area contributed by atoms with Crippen molar-refractivity contribution < 1.29 is 4.79 Å². The molecular formula is C14H12ClNO. The number of pyridine rings is 1. The number of hydrogen-bond donors (Lipinski definition) is 0.